The molecule has 0 aliphatic rings. The van der Waals surface area contributed by atoms with Crippen molar-refractivity contribution in [2.75, 3.05) is 0 Å². The molecule has 178 valence electrons. The molecule has 0 saturated carbocycles. The Morgan fingerprint density at radius 2 is 1.24 bits per heavy atom. The summed E-state index contributed by atoms with van der Waals surface area (Å²) in [5.41, 5.74) is 0.924. The molecule has 0 aromatic heterocycles. The number of carbonyl (C=O) groups excluding carboxylic acids is 2. The molecule has 0 bridgehead atoms. The SMILES string of the molecule is CC(C)(C)OC(=O)N[C@H](C=C[C@@H](Cc1ccccc1)C(=O)OC(C)(C)C)Cc1ccccc1. The molecule has 1 amide bonds. The molecule has 5 nitrogen and oxygen atoms in total. The van der Waals surface area contributed by atoms with Gasteiger partial charge < -0.3 is 14.8 Å². The third-order valence-corrected chi connectivity index (χ3v) is 4.58. The van der Waals surface area contributed by atoms with E-state index in [1.54, 1.807) is 0 Å². The molecule has 33 heavy (non-hydrogen) atoms. The summed E-state index contributed by atoms with van der Waals surface area (Å²) in [6, 6.07) is 19.4. The molecule has 0 spiro atoms. The van der Waals surface area contributed by atoms with Gasteiger partial charge in [-0.1, -0.05) is 72.8 Å². The average Bonchev–Trinajstić information content (AvgIpc) is 2.69. The second kappa shape index (κ2) is 11.7. The van der Waals surface area contributed by atoms with Gasteiger partial charge in [-0.2, -0.15) is 0 Å². The van der Waals surface area contributed by atoms with Crippen molar-refractivity contribution in [2.45, 2.75) is 71.6 Å². The largest absolute Gasteiger partial charge is 0.460 e. The molecule has 0 aliphatic heterocycles. The van der Waals surface area contributed by atoms with Crippen LogP contribution >= 0.6 is 0 Å². The van der Waals surface area contributed by atoms with Gasteiger partial charge in [0.05, 0.1) is 12.0 Å². The molecular formula is C28H37NO4. The van der Waals surface area contributed by atoms with Crippen LogP contribution in [0.3, 0.4) is 0 Å². The van der Waals surface area contributed by atoms with Crippen LogP contribution in [0.25, 0.3) is 0 Å². The topological polar surface area (TPSA) is 64.6 Å². The van der Waals surface area contributed by atoms with E-state index >= 15 is 0 Å². The lowest BCUT2D eigenvalue weighted by molar-refractivity contribution is -0.158. The Kier molecular flexibility index (Phi) is 9.27. The molecule has 2 aromatic carbocycles. The summed E-state index contributed by atoms with van der Waals surface area (Å²) in [7, 11) is 0. The number of alkyl carbamates (subject to hydrolysis) is 1. The summed E-state index contributed by atoms with van der Waals surface area (Å²) in [5, 5.41) is 2.93. The molecule has 2 aromatic rings. The van der Waals surface area contributed by atoms with Gasteiger partial charge in [0.2, 0.25) is 0 Å². The lowest BCUT2D eigenvalue weighted by atomic mass is 9.96. The summed E-state index contributed by atoms with van der Waals surface area (Å²) in [5.74, 6) is -0.774. The van der Waals surface area contributed by atoms with E-state index in [-0.39, 0.29) is 12.0 Å². The minimum Gasteiger partial charge on any atom is -0.460 e. The second-order valence-electron chi connectivity index (χ2n) is 10.2. The quantitative estimate of drug-likeness (QED) is 0.402. The van der Waals surface area contributed by atoms with Gasteiger partial charge in [-0.05, 0) is 65.5 Å². The average molecular weight is 452 g/mol. The first-order chi connectivity index (χ1) is 15.4. The van der Waals surface area contributed by atoms with Crippen LogP contribution in [-0.2, 0) is 27.1 Å². The zero-order valence-corrected chi connectivity index (χ0v) is 20.6. The van der Waals surface area contributed by atoms with Crippen LogP contribution in [0.15, 0.2) is 72.8 Å². The molecule has 1 N–H and O–H groups in total. The minimum absolute atomic E-state index is 0.293. The molecule has 0 radical (unpaired) electrons. The van der Waals surface area contributed by atoms with Crippen molar-refractivity contribution in [1.29, 1.82) is 0 Å². The summed E-state index contributed by atoms with van der Waals surface area (Å²) in [6.45, 7) is 11.1. The number of hydrogen-bond donors (Lipinski definition) is 1. The molecule has 0 fully saturated rings. The first-order valence-electron chi connectivity index (χ1n) is 11.4. The van der Waals surface area contributed by atoms with Crippen LogP contribution < -0.4 is 5.32 Å². The Hall–Kier alpha value is -3.08. The predicted octanol–water partition coefficient (Wildman–Crippen LogP) is 5.88. The summed E-state index contributed by atoms with van der Waals surface area (Å²) < 4.78 is 11.1. The summed E-state index contributed by atoms with van der Waals surface area (Å²) in [4.78, 5) is 25.4. The Morgan fingerprint density at radius 3 is 1.73 bits per heavy atom. The summed E-state index contributed by atoms with van der Waals surface area (Å²) >= 11 is 0. The Balaban J connectivity index is 2.25. The smallest absolute Gasteiger partial charge is 0.408 e. The Labute approximate surface area is 198 Å². The van der Waals surface area contributed by atoms with Crippen molar-refractivity contribution >= 4 is 12.1 Å². The highest BCUT2D eigenvalue weighted by Crippen LogP contribution is 2.18. The van der Waals surface area contributed by atoms with Gasteiger partial charge in [0, 0.05) is 0 Å². The zero-order valence-electron chi connectivity index (χ0n) is 20.6. The van der Waals surface area contributed by atoms with E-state index in [0.717, 1.165) is 11.1 Å². The molecule has 0 aliphatic carbocycles. The third kappa shape index (κ3) is 10.9. The van der Waals surface area contributed by atoms with Crippen molar-refractivity contribution in [1.82, 2.24) is 5.32 Å². The van der Waals surface area contributed by atoms with Gasteiger partial charge in [-0.15, -0.1) is 0 Å². The lowest BCUT2D eigenvalue weighted by Gasteiger charge is -2.24. The summed E-state index contributed by atoms with van der Waals surface area (Å²) in [6.07, 6.45) is 4.30. The van der Waals surface area contributed by atoms with Gasteiger partial charge in [-0.3, -0.25) is 4.79 Å². The van der Waals surface area contributed by atoms with Crippen molar-refractivity contribution in [2.24, 2.45) is 5.92 Å². The maximum absolute atomic E-state index is 13.0. The number of esters is 1. The first-order valence-corrected chi connectivity index (χ1v) is 11.4. The van der Waals surface area contributed by atoms with E-state index in [0.29, 0.717) is 12.8 Å². The van der Waals surface area contributed by atoms with Gasteiger partial charge >= 0.3 is 12.1 Å². The maximum atomic E-state index is 13.0. The highest BCUT2D eigenvalue weighted by Gasteiger charge is 2.25. The van der Waals surface area contributed by atoms with Crippen LogP contribution in [0.4, 0.5) is 4.79 Å². The molecular weight excluding hydrogens is 414 g/mol. The molecule has 5 heteroatoms. The van der Waals surface area contributed by atoms with Crippen LogP contribution in [-0.4, -0.2) is 29.3 Å². The maximum Gasteiger partial charge on any atom is 0.408 e. The number of rotatable bonds is 8. The van der Waals surface area contributed by atoms with Gasteiger partial charge in [0.1, 0.15) is 11.2 Å². The van der Waals surface area contributed by atoms with Crippen molar-refractivity contribution in [3.05, 3.63) is 83.9 Å². The van der Waals surface area contributed by atoms with Crippen molar-refractivity contribution in [3.63, 3.8) is 0 Å². The number of hydrogen-bond acceptors (Lipinski definition) is 4. The fourth-order valence-corrected chi connectivity index (χ4v) is 3.24. The fourth-order valence-electron chi connectivity index (χ4n) is 3.24. The lowest BCUT2D eigenvalue weighted by Crippen LogP contribution is -2.39. The van der Waals surface area contributed by atoms with E-state index in [4.69, 9.17) is 9.47 Å². The van der Waals surface area contributed by atoms with Crippen LogP contribution in [0.5, 0.6) is 0 Å². The van der Waals surface area contributed by atoms with Crippen LogP contribution in [0.2, 0.25) is 0 Å². The first kappa shape index (κ1) is 26.2. The van der Waals surface area contributed by atoms with Crippen LogP contribution in [0.1, 0.15) is 52.7 Å². The molecule has 0 unspecified atom stereocenters. The normalized spacial score (nSPS) is 13.9. The fraction of sp³-hybridized carbons (Fsp3) is 0.429. The van der Waals surface area contributed by atoms with Crippen molar-refractivity contribution in [3.8, 4) is 0 Å². The van der Waals surface area contributed by atoms with Crippen LogP contribution in [0, 0.1) is 5.92 Å². The number of ether oxygens (including phenoxy) is 2. The standard InChI is InChI=1S/C28H37NO4/c1-27(2,3)32-25(30)23(19-21-13-9-7-10-14-21)17-18-24(20-22-15-11-8-12-16-22)29-26(31)33-28(4,5)6/h7-18,23-24H,19-20H2,1-6H3,(H,29,31)/t23-,24+/m0/s1. The van der Waals surface area contributed by atoms with E-state index in [2.05, 4.69) is 5.32 Å². The highest BCUT2D eigenvalue weighted by molar-refractivity contribution is 5.75. The number of nitrogens with one attached hydrogen (secondary N) is 1. The monoisotopic (exact) mass is 451 g/mol. The Bertz CT molecular complexity index is 908. The van der Waals surface area contributed by atoms with E-state index in [9.17, 15) is 9.59 Å². The van der Waals surface area contributed by atoms with Gasteiger partial charge in [-0.25, -0.2) is 4.79 Å². The van der Waals surface area contributed by atoms with Gasteiger partial charge in [0.15, 0.2) is 0 Å². The number of benzene rings is 2. The molecule has 2 atom stereocenters. The second-order valence-corrected chi connectivity index (χ2v) is 10.2. The predicted molar refractivity (Wildman–Crippen MR) is 132 cm³/mol. The third-order valence-electron chi connectivity index (χ3n) is 4.58. The highest BCUT2D eigenvalue weighted by atomic mass is 16.6. The number of amides is 1. The van der Waals surface area contributed by atoms with Gasteiger partial charge in [0.25, 0.3) is 0 Å². The zero-order chi connectivity index (χ0) is 24.5. The molecule has 2 rings (SSSR count). The number of carbonyl (C=O) groups is 2. The molecule has 0 heterocycles. The van der Waals surface area contributed by atoms with Crippen molar-refractivity contribution < 1.29 is 19.1 Å². The van der Waals surface area contributed by atoms with E-state index in [1.165, 1.54) is 0 Å². The van der Waals surface area contributed by atoms with E-state index in [1.807, 2.05) is 114 Å². The molecule has 0 saturated heterocycles. The van der Waals surface area contributed by atoms with E-state index < -0.39 is 23.2 Å². The Morgan fingerprint density at radius 1 is 0.758 bits per heavy atom. The minimum atomic E-state index is -0.600.